The Morgan fingerprint density at radius 1 is 1.36 bits per heavy atom. The van der Waals surface area contributed by atoms with Crippen molar-refractivity contribution < 1.29 is 9.53 Å². The minimum absolute atomic E-state index is 0.132. The molecule has 4 rings (SSSR count). The van der Waals surface area contributed by atoms with Crippen LogP contribution >= 0.6 is 0 Å². The van der Waals surface area contributed by atoms with Gasteiger partial charge in [0.15, 0.2) is 0 Å². The van der Waals surface area contributed by atoms with Crippen molar-refractivity contribution in [1.29, 1.82) is 0 Å². The van der Waals surface area contributed by atoms with Gasteiger partial charge in [-0.1, -0.05) is 11.6 Å². The lowest BCUT2D eigenvalue weighted by atomic mass is 9.89. The van der Waals surface area contributed by atoms with E-state index in [2.05, 4.69) is 34.6 Å². The van der Waals surface area contributed by atoms with Gasteiger partial charge >= 0.3 is 5.97 Å². The number of carbonyl (C=O) groups is 1. The predicted molar refractivity (Wildman–Crippen MR) is 85.9 cm³/mol. The minimum atomic E-state index is -0.132. The average Bonchev–Trinajstić information content (AvgIpc) is 2.85. The molecule has 0 radical (unpaired) electrons. The van der Waals surface area contributed by atoms with Crippen LogP contribution in [0.1, 0.15) is 35.7 Å². The first-order chi connectivity index (χ1) is 10.7. The highest BCUT2D eigenvalue weighted by Crippen LogP contribution is 2.42. The molecular weight excluding hydrogens is 276 g/mol. The summed E-state index contributed by atoms with van der Waals surface area (Å²) in [4.78, 5) is 14.0. The van der Waals surface area contributed by atoms with Crippen LogP contribution in [0.25, 0.3) is 10.9 Å². The van der Waals surface area contributed by atoms with Crippen LogP contribution < -0.4 is 0 Å². The normalized spacial score (nSPS) is 20.9. The van der Waals surface area contributed by atoms with Gasteiger partial charge in [0, 0.05) is 29.7 Å². The highest BCUT2D eigenvalue weighted by molar-refractivity contribution is 5.87. The van der Waals surface area contributed by atoms with Crippen LogP contribution in [0.5, 0.6) is 0 Å². The number of aromatic nitrogens is 1. The molecule has 1 aromatic carbocycles. The third kappa shape index (κ3) is 1.97. The summed E-state index contributed by atoms with van der Waals surface area (Å²) in [5.41, 5.74) is 5.63. The first kappa shape index (κ1) is 13.8. The Labute approximate surface area is 130 Å². The van der Waals surface area contributed by atoms with Gasteiger partial charge in [-0.05, 0) is 43.9 Å². The largest absolute Gasteiger partial charge is 0.468 e. The van der Waals surface area contributed by atoms with Crippen molar-refractivity contribution in [1.82, 2.24) is 9.47 Å². The van der Waals surface area contributed by atoms with Crippen LogP contribution in [0.2, 0.25) is 0 Å². The first-order valence-electron chi connectivity index (χ1n) is 8.11. The Morgan fingerprint density at radius 3 is 3.05 bits per heavy atom. The maximum Gasteiger partial charge on any atom is 0.319 e. The van der Waals surface area contributed by atoms with Gasteiger partial charge in [-0.15, -0.1) is 0 Å². The van der Waals surface area contributed by atoms with E-state index in [4.69, 9.17) is 4.74 Å². The van der Waals surface area contributed by atoms with Crippen molar-refractivity contribution in [2.24, 2.45) is 0 Å². The second-order valence-electron chi connectivity index (χ2n) is 6.49. The zero-order chi connectivity index (χ0) is 15.3. The predicted octanol–water partition coefficient (Wildman–Crippen LogP) is 2.82. The van der Waals surface area contributed by atoms with Crippen molar-refractivity contribution in [3.8, 4) is 0 Å². The van der Waals surface area contributed by atoms with E-state index in [1.165, 1.54) is 41.3 Å². The molecule has 22 heavy (non-hydrogen) atoms. The number of aryl methyl sites for hydroxylation is 2. The summed E-state index contributed by atoms with van der Waals surface area (Å²) in [6, 6.07) is 7.15. The van der Waals surface area contributed by atoms with Gasteiger partial charge in [-0.25, -0.2) is 0 Å². The average molecular weight is 298 g/mol. The monoisotopic (exact) mass is 298 g/mol. The second-order valence-corrected chi connectivity index (χ2v) is 6.49. The summed E-state index contributed by atoms with van der Waals surface area (Å²) in [6.45, 7) is 4.44. The number of hydrogen-bond donors (Lipinski definition) is 0. The maximum absolute atomic E-state index is 11.7. The van der Waals surface area contributed by atoms with E-state index in [9.17, 15) is 4.79 Å². The van der Waals surface area contributed by atoms with Crippen molar-refractivity contribution in [2.45, 2.75) is 38.8 Å². The summed E-state index contributed by atoms with van der Waals surface area (Å²) in [5, 5.41) is 1.42. The standard InChI is InChI=1S/C18H22N2O2/c1-12-6-7-15-14(10-12)13-4-3-5-16-18(13)20(15)9-8-19(16)11-17(21)22-2/h6-7,10,16H,3-5,8-9,11H2,1-2H3. The molecule has 0 saturated heterocycles. The Morgan fingerprint density at radius 2 is 2.23 bits per heavy atom. The Balaban J connectivity index is 1.83. The second kappa shape index (κ2) is 5.13. The fourth-order valence-electron chi connectivity index (χ4n) is 4.21. The van der Waals surface area contributed by atoms with E-state index < -0.39 is 0 Å². The van der Waals surface area contributed by atoms with Gasteiger partial charge < -0.3 is 9.30 Å². The zero-order valence-electron chi connectivity index (χ0n) is 13.3. The summed E-state index contributed by atoms with van der Waals surface area (Å²) < 4.78 is 7.36. The third-order valence-electron chi connectivity index (χ3n) is 5.20. The van der Waals surface area contributed by atoms with Crippen LogP contribution in [0, 0.1) is 6.92 Å². The Bertz CT molecular complexity index is 747. The quantitative estimate of drug-likeness (QED) is 0.800. The van der Waals surface area contributed by atoms with E-state index in [0.717, 1.165) is 25.9 Å². The molecule has 4 heteroatoms. The summed E-state index contributed by atoms with van der Waals surface area (Å²) >= 11 is 0. The van der Waals surface area contributed by atoms with E-state index in [1.54, 1.807) is 0 Å². The molecule has 2 aliphatic rings. The lowest BCUT2D eigenvalue weighted by Crippen LogP contribution is -2.42. The minimum Gasteiger partial charge on any atom is -0.468 e. The van der Waals surface area contributed by atoms with Crippen molar-refractivity contribution >= 4 is 16.9 Å². The van der Waals surface area contributed by atoms with Crippen molar-refractivity contribution in [2.75, 3.05) is 20.2 Å². The smallest absolute Gasteiger partial charge is 0.319 e. The molecule has 4 nitrogen and oxygen atoms in total. The molecular formula is C18H22N2O2. The highest BCUT2D eigenvalue weighted by Gasteiger charge is 2.35. The number of esters is 1. The van der Waals surface area contributed by atoms with E-state index in [0.29, 0.717) is 12.6 Å². The molecule has 0 N–H and O–H groups in total. The molecule has 1 aromatic heterocycles. The molecule has 0 fully saturated rings. The summed E-state index contributed by atoms with van der Waals surface area (Å²) in [5.74, 6) is -0.132. The SMILES string of the molecule is COC(=O)CN1CCn2c3c(c4cc(C)ccc42)CCCC31. The van der Waals surface area contributed by atoms with Gasteiger partial charge in [-0.3, -0.25) is 9.69 Å². The zero-order valence-corrected chi connectivity index (χ0v) is 13.3. The van der Waals surface area contributed by atoms with Gasteiger partial charge in [-0.2, -0.15) is 0 Å². The lowest BCUT2D eigenvalue weighted by Gasteiger charge is -2.39. The molecule has 116 valence electrons. The van der Waals surface area contributed by atoms with Gasteiger partial charge in [0.2, 0.25) is 0 Å². The van der Waals surface area contributed by atoms with Crippen LogP contribution in [-0.4, -0.2) is 35.6 Å². The Kier molecular flexibility index (Phi) is 3.22. The lowest BCUT2D eigenvalue weighted by molar-refractivity contribution is -0.143. The fraction of sp³-hybridized carbons (Fsp3) is 0.500. The number of benzene rings is 1. The molecule has 0 bridgehead atoms. The molecule has 1 atom stereocenters. The molecule has 2 heterocycles. The molecule has 1 unspecified atom stereocenters. The Hall–Kier alpha value is -1.81. The number of rotatable bonds is 2. The van der Waals surface area contributed by atoms with Crippen LogP contribution in [0.3, 0.4) is 0 Å². The number of methoxy groups -OCH3 is 1. The molecule has 2 aromatic rings. The van der Waals surface area contributed by atoms with Crippen molar-refractivity contribution in [3.05, 3.63) is 35.0 Å². The van der Waals surface area contributed by atoms with Gasteiger partial charge in [0.25, 0.3) is 0 Å². The van der Waals surface area contributed by atoms with Crippen molar-refractivity contribution in [3.63, 3.8) is 0 Å². The summed E-state index contributed by atoms with van der Waals surface area (Å²) in [7, 11) is 1.47. The fourth-order valence-corrected chi connectivity index (χ4v) is 4.21. The number of nitrogens with zero attached hydrogens (tertiary/aromatic N) is 2. The molecule has 0 amide bonds. The number of ether oxygens (including phenoxy) is 1. The van der Waals surface area contributed by atoms with Crippen LogP contribution in [0.4, 0.5) is 0 Å². The van der Waals surface area contributed by atoms with Gasteiger partial charge in [0.05, 0.1) is 19.7 Å². The number of carbonyl (C=O) groups excluding carboxylic acids is 1. The third-order valence-corrected chi connectivity index (χ3v) is 5.20. The number of fused-ring (bicyclic) bond motifs is 3. The molecule has 0 saturated carbocycles. The topological polar surface area (TPSA) is 34.5 Å². The van der Waals surface area contributed by atoms with Gasteiger partial charge in [0.1, 0.15) is 0 Å². The van der Waals surface area contributed by atoms with E-state index in [-0.39, 0.29) is 5.97 Å². The maximum atomic E-state index is 11.7. The van der Waals surface area contributed by atoms with Crippen LogP contribution in [-0.2, 0) is 22.5 Å². The molecule has 0 spiro atoms. The van der Waals surface area contributed by atoms with E-state index in [1.807, 2.05) is 0 Å². The van der Waals surface area contributed by atoms with E-state index >= 15 is 0 Å². The van der Waals surface area contributed by atoms with Crippen LogP contribution in [0.15, 0.2) is 18.2 Å². The number of hydrogen-bond acceptors (Lipinski definition) is 3. The molecule has 1 aliphatic heterocycles. The first-order valence-corrected chi connectivity index (χ1v) is 8.11. The highest BCUT2D eigenvalue weighted by atomic mass is 16.5. The molecule has 1 aliphatic carbocycles. The summed E-state index contributed by atoms with van der Waals surface area (Å²) in [6.07, 6.45) is 3.49.